The first-order chi connectivity index (χ1) is 8.79. The van der Waals surface area contributed by atoms with E-state index in [2.05, 4.69) is 38.1 Å². The Morgan fingerprint density at radius 3 is 2.68 bits per heavy atom. The number of hydrogen-bond donors (Lipinski definition) is 2. The number of hydrogen-bond acceptors (Lipinski definition) is 4. The molecule has 0 radical (unpaired) electrons. The van der Waals surface area contributed by atoms with E-state index >= 15 is 0 Å². The molecule has 0 saturated carbocycles. The molecule has 4 nitrogen and oxygen atoms in total. The van der Waals surface area contributed by atoms with Crippen molar-refractivity contribution in [2.75, 3.05) is 7.05 Å². The minimum atomic E-state index is 0. The predicted molar refractivity (Wildman–Crippen MR) is 93.6 cm³/mol. The number of thiophene rings is 1. The summed E-state index contributed by atoms with van der Waals surface area (Å²) in [7, 11) is 1.78. The number of guanidine groups is 1. The van der Waals surface area contributed by atoms with Gasteiger partial charge in [-0.1, -0.05) is 6.07 Å². The van der Waals surface area contributed by atoms with Crippen LogP contribution >= 0.6 is 46.7 Å². The van der Waals surface area contributed by atoms with Gasteiger partial charge < -0.3 is 10.6 Å². The van der Waals surface area contributed by atoms with Crippen LogP contribution in [0.5, 0.6) is 0 Å². The van der Waals surface area contributed by atoms with Crippen molar-refractivity contribution < 1.29 is 0 Å². The van der Waals surface area contributed by atoms with Crippen molar-refractivity contribution in [2.45, 2.75) is 20.0 Å². The molecule has 0 aromatic carbocycles. The van der Waals surface area contributed by atoms with Gasteiger partial charge in [-0.15, -0.1) is 46.7 Å². The molecule has 2 aromatic heterocycles. The minimum absolute atomic E-state index is 0. The normalized spacial score (nSPS) is 10.9. The lowest BCUT2D eigenvalue weighted by atomic mass is 10.4. The highest BCUT2D eigenvalue weighted by Gasteiger charge is 2.03. The van der Waals surface area contributed by atoms with Crippen LogP contribution in [-0.2, 0) is 13.1 Å². The molecule has 2 N–H and O–H groups in total. The molecule has 0 unspecified atom stereocenters. The van der Waals surface area contributed by atoms with E-state index in [0.29, 0.717) is 0 Å². The summed E-state index contributed by atoms with van der Waals surface area (Å²) in [4.78, 5) is 11.0. The molecule has 2 aromatic rings. The molecular weight excluding hydrogens is 391 g/mol. The standard InChI is InChI=1S/C12H16N4S2.HI/c1-9-11(18-8-16-9)7-15-12(13-2)14-6-10-4-3-5-17-10;/h3-5,8H,6-7H2,1-2H3,(H2,13,14,15);1H. The third kappa shape index (κ3) is 5.07. The van der Waals surface area contributed by atoms with Crippen LogP contribution in [0.15, 0.2) is 28.0 Å². The third-order valence-corrected chi connectivity index (χ3v) is 4.31. The van der Waals surface area contributed by atoms with Crippen LogP contribution in [0.1, 0.15) is 15.4 Å². The lowest BCUT2D eigenvalue weighted by molar-refractivity contribution is 0.818. The first-order valence-corrected chi connectivity index (χ1v) is 7.41. The van der Waals surface area contributed by atoms with Crippen molar-refractivity contribution in [3.05, 3.63) is 38.5 Å². The second-order valence-electron chi connectivity index (χ2n) is 3.72. The summed E-state index contributed by atoms with van der Waals surface area (Å²) in [6, 6.07) is 4.16. The van der Waals surface area contributed by atoms with Crippen molar-refractivity contribution in [1.29, 1.82) is 0 Å². The highest BCUT2D eigenvalue weighted by atomic mass is 127. The summed E-state index contributed by atoms with van der Waals surface area (Å²) in [5.74, 6) is 0.816. The molecule has 0 aliphatic rings. The SMILES string of the molecule is CN=C(NCc1cccs1)NCc1scnc1C.I. The van der Waals surface area contributed by atoms with Crippen LogP contribution in [-0.4, -0.2) is 18.0 Å². The van der Waals surface area contributed by atoms with E-state index in [1.807, 2.05) is 12.4 Å². The topological polar surface area (TPSA) is 49.3 Å². The molecule has 0 bridgehead atoms. The second-order valence-corrected chi connectivity index (χ2v) is 5.69. The van der Waals surface area contributed by atoms with Gasteiger partial charge in [0.1, 0.15) is 0 Å². The average Bonchev–Trinajstić information content (AvgIpc) is 3.01. The van der Waals surface area contributed by atoms with Gasteiger partial charge in [-0.2, -0.15) is 0 Å². The Bertz CT molecular complexity index is 508. The number of rotatable bonds is 4. The molecule has 0 amide bonds. The van der Waals surface area contributed by atoms with Crippen LogP contribution in [0.3, 0.4) is 0 Å². The zero-order chi connectivity index (χ0) is 12.8. The smallest absolute Gasteiger partial charge is 0.191 e. The third-order valence-electron chi connectivity index (χ3n) is 2.50. The highest BCUT2D eigenvalue weighted by molar-refractivity contribution is 14.0. The van der Waals surface area contributed by atoms with Crippen molar-refractivity contribution >= 4 is 52.6 Å². The van der Waals surface area contributed by atoms with Gasteiger partial charge in [-0.25, -0.2) is 4.98 Å². The Morgan fingerprint density at radius 2 is 2.11 bits per heavy atom. The van der Waals surface area contributed by atoms with Crippen LogP contribution in [0.25, 0.3) is 0 Å². The average molecular weight is 408 g/mol. The summed E-state index contributed by atoms with van der Waals surface area (Å²) < 4.78 is 0. The van der Waals surface area contributed by atoms with Gasteiger partial charge in [0.25, 0.3) is 0 Å². The van der Waals surface area contributed by atoms with Gasteiger partial charge in [0.05, 0.1) is 24.3 Å². The number of nitrogens with zero attached hydrogens (tertiary/aromatic N) is 2. The lowest BCUT2D eigenvalue weighted by Crippen LogP contribution is -2.36. The maximum Gasteiger partial charge on any atom is 0.191 e. The van der Waals surface area contributed by atoms with Crippen molar-refractivity contribution in [2.24, 2.45) is 4.99 Å². The molecule has 2 heterocycles. The summed E-state index contributed by atoms with van der Waals surface area (Å²) in [6.07, 6.45) is 0. The molecule has 7 heteroatoms. The summed E-state index contributed by atoms with van der Waals surface area (Å²) in [6.45, 7) is 3.59. The minimum Gasteiger partial charge on any atom is -0.352 e. The maximum absolute atomic E-state index is 4.23. The van der Waals surface area contributed by atoms with Gasteiger partial charge in [0.15, 0.2) is 5.96 Å². The summed E-state index contributed by atoms with van der Waals surface area (Å²) in [5.41, 5.74) is 2.95. The molecule has 19 heavy (non-hydrogen) atoms. The van der Waals surface area contributed by atoms with Gasteiger partial charge >= 0.3 is 0 Å². The lowest BCUT2D eigenvalue weighted by Gasteiger charge is -2.10. The molecular formula is C12H17IN4S2. The molecule has 0 aliphatic heterocycles. The summed E-state index contributed by atoms with van der Waals surface area (Å²) >= 11 is 3.40. The number of halogens is 1. The number of aryl methyl sites for hydroxylation is 1. The number of aromatic nitrogens is 1. The fourth-order valence-corrected chi connectivity index (χ4v) is 2.83. The van der Waals surface area contributed by atoms with Crippen LogP contribution < -0.4 is 10.6 Å². The largest absolute Gasteiger partial charge is 0.352 e. The van der Waals surface area contributed by atoms with Crippen molar-refractivity contribution in [3.8, 4) is 0 Å². The van der Waals surface area contributed by atoms with E-state index in [1.54, 1.807) is 29.7 Å². The number of thiazole rings is 1. The molecule has 0 aliphatic carbocycles. The Balaban J connectivity index is 0.00000180. The van der Waals surface area contributed by atoms with Gasteiger partial charge in [-0.05, 0) is 18.4 Å². The van der Waals surface area contributed by atoms with E-state index in [-0.39, 0.29) is 24.0 Å². The molecule has 0 spiro atoms. The van der Waals surface area contributed by atoms with Crippen LogP contribution in [0, 0.1) is 6.92 Å². The summed E-state index contributed by atoms with van der Waals surface area (Å²) in [5, 5.41) is 8.65. The van der Waals surface area contributed by atoms with Gasteiger partial charge in [0, 0.05) is 16.8 Å². The second kappa shape index (κ2) is 8.49. The molecule has 0 saturated heterocycles. The highest BCUT2D eigenvalue weighted by Crippen LogP contribution is 2.11. The fourth-order valence-electron chi connectivity index (χ4n) is 1.46. The Hall–Kier alpha value is -0.670. The van der Waals surface area contributed by atoms with E-state index in [0.717, 1.165) is 24.7 Å². The Morgan fingerprint density at radius 1 is 1.32 bits per heavy atom. The monoisotopic (exact) mass is 408 g/mol. The zero-order valence-electron chi connectivity index (χ0n) is 10.8. The quantitative estimate of drug-likeness (QED) is 0.465. The van der Waals surface area contributed by atoms with E-state index in [4.69, 9.17) is 0 Å². The molecule has 104 valence electrons. The van der Waals surface area contributed by atoms with Crippen molar-refractivity contribution in [1.82, 2.24) is 15.6 Å². The zero-order valence-corrected chi connectivity index (χ0v) is 14.8. The van der Waals surface area contributed by atoms with E-state index < -0.39 is 0 Å². The fraction of sp³-hybridized carbons (Fsp3) is 0.333. The van der Waals surface area contributed by atoms with Crippen LogP contribution in [0.2, 0.25) is 0 Å². The molecule has 2 rings (SSSR count). The first kappa shape index (κ1) is 16.4. The Labute approximate surface area is 138 Å². The van der Waals surface area contributed by atoms with Crippen molar-refractivity contribution in [3.63, 3.8) is 0 Å². The Kier molecular flexibility index (Phi) is 7.32. The molecule has 0 fully saturated rings. The van der Waals surface area contributed by atoms with E-state index in [1.165, 1.54) is 9.75 Å². The van der Waals surface area contributed by atoms with Crippen LogP contribution in [0.4, 0.5) is 0 Å². The predicted octanol–water partition coefficient (Wildman–Crippen LogP) is 3.00. The van der Waals surface area contributed by atoms with Gasteiger partial charge in [0.2, 0.25) is 0 Å². The van der Waals surface area contributed by atoms with E-state index in [9.17, 15) is 0 Å². The number of aliphatic imine (C=N–C) groups is 1. The van der Waals surface area contributed by atoms with Gasteiger partial charge in [-0.3, -0.25) is 4.99 Å². The first-order valence-electron chi connectivity index (χ1n) is 5.65. The maximum atomic E-state index is 4.23. The number of nitrogens with one attached hydrogen (secondary N) is 2. The molecule has 0 atom stereocenters.